The smallest absolute Gasteiger partial charge is 0.0257 e. The summed E-state index contributed by atoms with van der Waals surface area (Å²) in [6.45, 7) is 2.94. The van der Waals surface area contributed by atoms with Gasteiger partial charge in [-0.2, -0.15) is 0 Å². The molecule has 0 saturated heterocycles. The molecule has 17 heavy (non-hydrogen) atoms. The molecule has 100 valence electrons. The van der Waals surface area contributed by atoms with E-state index in [4.69, 9.17) is 5.53 Å². The first-order chi connectivity index (χ1) is 8.41. The zero-order valence-electron chi connectivity index (χ0n) is 11.5. The SMILES string of the molecule is CCCCCCCCCCCCCCN=[N+]=[N-]. The minimum absolute atomic E-state index is 0.675. The molecule has 0 unspecified atom stereocenters. The molecular weight excluding hydrogens is 210 g/mol. The van der Waals surface area contributed by atoms with Crippen molar-refractivity contribution in [2.45, 2.75) is 84.0 Å². The van der Waals surface area contributed by atoms with Crippen molar-refractivity contribution in [1.29, 1.82) is 0 Å². The summed E-state index contributed by atoms with van der Waals surface area (Å²) in [5.41, 5.74) is 8.10. The second kappa shape index (κ2) is 15.3. The zero-order chi connectivity index (χ0) is 12.6. The highest BCUT2D eigenvalue weighted by atomic mass is 15.1. The maximum Gasteiger partial charge on any atom is 0.0257 e. The highest BCUT2D eigenvalue weighted by Crippen LogP contribution is 2.11. The van der Waals surface area contributed by atoms with Crippen LogP contribution >= 0.6 is 0 Å². The quantitative estimate of drug-likeness (QED) is 0.164. The van der Waals surface area contributed by atoms with Crippen LogP contribution in [0.2, 0.25) is 0 Å². The lowest BCUT2D eigenvalue weighted by Crippen LogP contribution is -1.83. The normalized spacial score (nSPS) is 10.2. The van der Waals surface area contributed by atoms with Gasteiger partial charge in [0, 0.05) is 11.5 Å². The van der Waals surface area contributed by atoms with Crippen molar-refractivity contribution in [3.05, 3.63) is 10.4 Å². The molecule has 0 aromatic heterocycles. The third-order valence-corrected chi connectivity index (χ3v) is 3.17. The van der Waals surface area contributed by atoms with Crippen molar-refractivity contribution in [2.24, 2.45) is 5.11 Å². The highest BCUT2D eigenvalue weighted by molar-refractivity contribution is 4.50. The lowest BCUT2D eigenvalue weighted by Gasteiger charge is -2.01. The predicted molar refractivity (Wildman–Crippen MR) is 75.1 cm³/mol. The van der Waals surface area contributed by atoms with Crippen LogP contribution in [0.1, 0.15) is 84.0 Å². The van der Waals surface area contributed by atoms with E-state index in [0.717, 1.165) is 6.42 Å². The van der Waals surface area contributed by atoms with Crippen molar-refractivity contribution >= 4 is 0 Å². The first kappa shape index (κ1) is 16.3. The predicted octanol–water partition coefficient (Wildman–Crippen LogP) is 6.00. The molecule has 0 aromatic rings. The van der Waals surface area contributed by atoms with Crippen LogP contribution in [0.15, 0.2) is 5.11 Å². The average Bonchev–Trinajstić information content (AvgIpc) is 2.35. The van der Waals surface area contributed by atoms with Gasteiger partial charge in [-0.05, 0) is 12.0 Å². The summed E-state index contributed by atoms with van der Waals surface area (Å²) >= 11 is 0. The molecule has 0 fully saturated rings. The summed E-state index contributed by atoms with van der Waals surface area (Å²) in [5, 5.41) is 3.54. The van der Waals surface area contributed by atoms with Crippen LogP contribution in [0.4, 0.5) is 0 Å². The minimum atomic E-state index is 0.675. The maximum atomic E-state index is 8.10. The molecular formula is C14H29N3. The molecule has 3 heteroatoms. The number of nitrogens with zero attached hydrogens (tertiary/aromatic N) is 3. The molecule has 0 saturated carbocycles. The summed E-state index contributed by atoms with van der Waals surface area (Å²) < 4.78 is 0. The van der Waals surface area contributed by atoms with Crippen LogP contribution in [-0.2, 0) is 0 Å². The summed E-state index contributed by atoms with van der Waals surface area (Å²) in [4.78, 5) is 2.75. The summed E-state index contributed by atoms with van der Waals surface area (Å²) in [5.74, 6) is 0. The Morgan fingerprint density at radius 2 is 1.12 bits per heavy atom. The fraction of sp³-hybridized carbons (Fsp3) is 1.00. The summed E-state index contributed by atoms with van der Waals surface area (Å²) in [6.07, 6.45) is 16.2. The average molecular weight is 239 g/mol. The van der Waals surface area contributed by atoms with Gasteiger partial charge in [0.05, 0.1) is 0 Å². The van der Waals surface area contributed by atoms with E-state index in [1.807, 2.05) is 0 Å². The lowest BCUT2D eigenvalue weighted by molar-refractivity contribution is 0.545. The number of hydrogen-bond acceptors (Lipinski definition) is 1. The monoisotopic (exact) mass is 239 g/mol. The Hall–Kier alpha value is -0.690. The Morgan fingerprint density at radius 1 is 0.706 bits per heavy atom. The van der Waals surface area contributed by atoms with E-state index in [1.165, 1.54) is 70.6 Å². The van der Waals surface area contributed by atoms with Gasteiger partial charge in [0.15, 0.2) is 0 Å². The molecule has 0 amide bonds. The molecule has 0 aromatic carbocycles. The first-order valence-corrected chi connectivity index (χ1v) is 7.42. The van der Waals surface area contributed by atoms with E-state index in [-0.39, 0.29) is 0 Å². The molecule has 3 nitrogen and oxygen atoms in total. The fourth-order valence-corrected chi connectivity index (χ4v) is 2.07. The first-order valence-electron chi connectivity index (χ1n) is 7.42. The van der Waals surface area contributed by atoms with Crippen LogP contribution < -0.4 is 0 Å². The largest absolute Gasteiger partial charge is 0.0940 e. The highest BCUT2D eigenvalue weighted by Gasteiger charge is 1.92. The number of unbranched alkanes of at least 4 members (excludes halogenated alkanes) is 11. The number of azide groups is 1. The molecule has 0 radical (unpaired) electrons. The summed E-state index contributed by atoms with van der Waals surface area (Å²) in [6, 6.07) is 0. The van der Waals surface area contributed by atoms with Crippen molar-refractivity contribution in [1.82, 2.24) is 0 Å². The van der Waals surface area contributed by atoms with E-state index in [9.17, 15) is 0 Å². The van der Waals surface area contributed by atoms with Gasteiger partial charge in [-0.3, -0.25) is 0 Å². The standard InChI is InChI=1S/C14H29N3/c1-2-3-4-5-6-7-8-9-10-11-12-13-14-16-17-15/h2-14H2,1H3. The van der Waals surface area contributed by atoms with Crippen molar-refractivity contribution in [3.8, 4) is 0 Å². The molecule has 0 spiro atoms. The van der Waals surface area contributed by atoms with Gasteiger partial charge in [-0.25, -0.2) is 0 Å². The third-order valence-electron chi connectivity index (χ3n) is 3.17. The van der Waals surface area contributed by atoms with Crippen LogP contribution in [0.5, 0.6) is 0 Å². The van der Waals surface area contributed by atoms with Gasteiger partial charge in [-0.15, -0.1) is 0 Å². The molecule has 0 heterocycles. The lowest BCUT2D eigenvalue weighted by atomic mass is 10.1. The Labute approximate surface area is 107 Å². The Morgan fingerprint density at radius 3 is 1.53 bits per heavy atom. The topological polar surface area (TPSA) is 48.8 Å². The van der Waals surface area contributed by atoms with E-state index in [0.29, 0.717) is 6.54 Å². The van der Waals surface area contributed by atoms with Gasteiger partial charge >= 0.3 is 0 Å². The third kappa shape index (κ3) is 15.3. The van der Waals surface area contributed by atoms with Gasteiger partial charge in [0.25, 0.3) is 0 Å². The van der Waals surface area contributed by atoms with Gasteiger partial charge in [0.1, 0.15) is 0 Å². The van der Waals surface area contributed by atoms with Crippen LogP contribution in [0, 0.1) is 0 Å². The van der Waals surface area contributed by atoms with Crippen LogP contribution in [0.3, 0.4) is 0 Å². The Kier molecular flexibility index (Phi) is 14.7. The summed E-state index contributed by atoms with van der Waals surface area (Å²) in [7, 11) is 0. The fourth-order valence-electron chi connectivity index (χ4n) is 2.07. The second-order valence-electron chi connectivity index (χ2n) is 4.84. The minimum Gasteiger partial charge on any atom is -0.0940 e. The number of hydrogen-bond donors (Lipinski definition) is 0. The second-order valence-corrected chi connectivity index (χ2v) is 4.84. The van der Waals surface area contributed by atoms with Crippen molar-refractivity contribution < 1.29 is 0 Å². The maximum absolute atomic E-state index is 8.10. The van der Waals surface area contributed by atoms with Gasteiger partial charge < -0.3 is 0 Å². The van der Waals surface area contributed by atoms with E-state index < -0.39 is 0 Å². The van der Waals surface area contributed by atoms with Crippen LogP contribution in [0.25, 0.3) is 10.4 Å². The molecule has 0 atom stereocenters. The van der Waals surface area contributed by atoms with E-state index in [2.05, 4.69) is 16.9 Å². The van der Waals surface area contributed by atoms with E-state index >= 15 is 0 Å². The molecule has 0 aliphatic rings. The molecule has 0 rings (SSSR count). The zero-order valence-corrected chi connectivity index (χ0v) is 11.5. The Balaban J connectivity index is 2.91. The van der Waals surface area contributed by atoms with Gasteiger partial charge in [-0.1, -0.05) is 82.7 Å². The van der Waals surface area contributed by atoms with Gasteiger partial charge in [0.2, 0.25) is 0 Å². The van der Waals surface area contributed by atoms with Crippen molar-refractivity contribution in [3.63, 3.8) is 0 Å². The van der Waals surface area contributed by atoms with Crippen molar-refractivity contribution in [2.75, 3.05) is 6.54 Å². The van der Waals surface area contributed by atoms with E-state index in [1.54, 1.807) is 0 Å². The molecule has 0 aliphatic heterocycles. The molecule has 0 N–H and O–H groups in total. The molecule has 0 aliphatic carbocycles. The number of rotatable bonds is 13. The molecule has 0 bridgehead atoms. The Bertz CT molecular complexity index is 186. The van der Waals surface area contributed by atoms with Crippen LogP contribution in [-0.4, -0.2) is 6.54 Å².